The standard InChI is InChI=1S/C17H14N4S/c1-2-12-9-13-16(19-10-20-17(13)22-12)21-14-7-3-5-11-6-4-8-18-15(11)14/h3-10H,2H2,1H3,(H,19,20,21). The van der Waals surface area contributed by atoms with Crippen molar-refractivity contribution in [1.29, 1.82) is 0 Å². The number of nitrogens with one attached hydrogen (secondary N) is 1. The normalized spacial score (nSPS) is 11.1. The van der Waals surface area contributed by atoms with Crippen LogP contribution < -0.4 is 5.32 Å². The van der Waals surface area contributed by atoms with E-state index in [-0.39, 0.29) is 0 Å². The van der Waals surface area contributed by atoms with Crippen LogP contribution in [-0.2, 0) is 6.42 Å². The van der Waals surface area contributed by atoms with Crippen LogP contribution in [0.4, 0.5) is 11.5 Å². The molecule has 0 fully saturated rings. The molecule has 5 heteroatoms. The van der Waals surface area contributed by atoms with Gasteiger partial charge in [-0.15, -0.1) is 11.3 Å². The average Bonchev–Trinajstić information content (AvgIpc) is 3.00. The number of nitrogens with zero attached hydrogens (tertiary/aromatic N) is 3. The van der Waals surface area contributed by atoms with E-state index in [4.69, 9.17) is 0 Å². The Labute approximate surface area is 131 Å². The summed E-state index contributed by atoms with van der Waals surface area (Å²) in [6.45, 7) is 2.15. The number of fused-ring (bicyclic) bond motifs is 2. The van der Waals surface area contributed by atoms with Crippen LogP contribution in [0.1, 0.15) is 11.8 Å². The van der Waals surface area contributed by atoms with Crippen LogP contribution in [0.3, 0.4) is 0 Å². The third kappa shape index (κ3) is 2.19. The predicted molar refractivity (Wildman–Crippen MR) is 91.8 cm³/mol. The summed E-state index contributed by atoms with van der Waals surface area (Å²) in [5.74, 6) is 0.833. The van der Waals surface area contributed by atoms with Crippen LogP contribution in [0, 0.1) is 0 Å². The molecule has 0 aliphatic rings. The Balaban J connectivity index is 1.84. The van der Waals surface area contributed by atoms with Crippen molar-refractivity contribution in [3.05, 3.63) is 53.8 Å². The maximum atomic E-state index is 4.48. The fourth-order valence-electron chi connectivity index (χ4n) is 2.51. The Kier molecular flexibility index (Phi) is 3.20. The highest BCUT2D eigenvalue weighted by atomic mass is 32.1. The number of thiophene rings is 1. The first-order chi connectivity index (χ1) is 10.8. The Hall–Kier alpha value is -2.53. The molecular weight excluding hydrogens is 292 g/mol. The van der Waals surface area contributed by atoms with E-state index in [2.05, 4.69) is 45.4 Å². The molecule has 3 aromatic heterocycles. The fraction of sp³-hybridized carbons (Fsp3) is 0.118. The quantitative estimate of drug-likeness (QED) is 0.603. The number of pyridine rings is 1. The van der Waals surface area contributed by atoms with E-state index in [9.17, 15) is 0 Å². The Morgan fingerprint density at radius 3 is 2.91 bits per heavy atom. The maximum Gasteiger partial charge on any atom is 0.142 e. The number of anilines is 2. The zero-order valence-electron chi connectivity index (χ0n) is 12.1. The molecule has 0 aliphatic carbocycles. The summed E-state index contributed by atoms with van der Waals surface area (Å²) in [7, 11) is 0. The summed E-state index contributed by atoms with van der Waals surface area (Å²) in [6, 6.07) is 12.3. The van der Waals surface area contributed by atoms with E-state index in [1.165, 1.54) is 4.88 Å². The number of aromatic nitrogens is 3. The van der Waals surface area contributed by atoms with Gasteiger partial charge in [-0.05, 0) is 24.6 Å². The zero-order valence-corrected chi connectivity index (χ0v) is 12.9. The lowest BCUT2D eigenvalue weighted by molar-refractivity contribution is 1.19. The van der Waals surface area contributed by atoms with Crippen molar-refractivity contribution < 1.29 is 0 Å². The summed E-state index contributed by atoms with van der Waals surface area (Å²) >= 11 is 1.72. The van der Waals surface area contributed by atoms with Crippen LogP contribution >= 0.6 is 11.3 Å². The maximum absolute atomic E-state index is 4.48. The van der Waals surface area contributed by atoms with Crippen LogP contribution in [0.25, 0.3) is 21.1 Å². The SMILES string of the molecule is CCc1cc2c(Nc3cccc4cccnc34)ncnc2s1. The minimum Gasteiger partial charge on any atom is -0.338 e. The van der Waals surface area contributed by atoms with Gasteiger partial charge < -0.3 is 5.32 Å². The number of benzene rings is 1. The predicted octanol–water partition coefficient (Wildman–Crippen LogP) is 4.55. The van der Waals surface area contributed by atoms with E-state index in [0.717, 1.165) is 39.0 Å². The highest BCUT2D eigenvalue weighted by molar-refractivity contribution is 7.18. The van der Waals surface area contributed by atoms with Gasteiger partial charge in [0.1, 0.15) is 17.0 Å². The lowest BCUT2D eigenvalue weighted by Crippen LogP contribution is -1.96. The first-order valence-electron chi connectivity index (χ1n) is 7.19. The number of para-hydroxylation sites is 1. The molecule has 0 radical (unpaired) electrons. The summed E-state index contributed by atoms with van der Waals surface area (Å²) < 4.78 is 0. The molecule has 4 nitrogen and oxygen atoms in total. The lowest BCUT2D eigenvalue weighted by atomic mass is 10.2. The highest BCUT2D eigenvalue weighted by Crippen LogP contribution is 2.31. The summed E-state index contributed by atoms with van der Waals surface area (Å²) in [6.07, 6.45) is 4.43. The van der Waals surface area contributed by atoms with E-state index in [1.807, 2.05) is 24.4 Å². The second kappa shape index (κ2) is 5.35. The highest BCUT2D eigenvalue weighted by Gasteiger charge is 2.09. The molecule has 0 spiro atoms. The Morgan fingerprint density at radius 2 is 2.00 bits per heavy atom. The van der Waals surface area contributed by atoms with Gasteiger partial charge in [-0.2, -0.15) is 0 Å². The monoisotopic (exact) mass is 306 g/mol. The van der Waals surface area contributed by atoms with Crippen molar-refractivity contribution in [2.24, 2.45) is 0 Å². The second-order valence-corrected chi connectivity index (χ2v) is 6.13. The molecule has 1 aromatic carbocycles. The molecule has 4 rings (SSSR count). The van der Waals surface area contributed by atoms with Gasteiger partial charge in [0, 0.05) is 16.5 Å². The topological polar surface area (TPSA) is 50.7 Å². The van der Waals surface area contributed by atoms with Gasteiger partial charge in [0.2, 0.25) is 0 Å². The molecule has 3 heterocycles. The van der Waals surface area contributed by atoms with Crippen LogP contribution in [0.15, 0.2) is 48.9 Å². The molecular formula is C17H14N4S. The van der Waals surface area contributed by atoms with Gasteiger partial charge in [-0.25, -0.2) is 9.97 Å². The molecule has 0 unspecified atom stereocenters. The number of hydrogen-bond acceptors (Lipinski definition) is 5. The lowest BCUT2D eigenvalue weighted by Gasteiger charge is -2.08. The second-order valence-electron chi connectivity index (χ2n) is 5.01. The molecule has 0 bridgehead atoms. The van der Waals surface area contributed by atoms with Crippen LogP contribution in [0.5, 0.6) is 0 Å². The van der Waals surface area contributed by atoms with Gasteiger partial charge in [0.15, 0.2) is 0 Å². The molecule has 0 saturated carbocycles. The number of hydrogen-bond donors (Lipinski definition) is 1. The van der Waals surface area contributed by atoms with Crippen molar-refractivity contribution >= 4 is 44.0 Å². The Bertz CT molecular complexity index is 956. The largest absolute Gasteiger partial charge is 0.338 e. The van der Waals surface area contributed by atoms with Crippen molar-refractivity contribution in [2.45, 2.75) is 13.3 Å². The van der Waals surface area contributed by atoms with Crippen LogP contribution in [0.2, 0.25) is 0 Å². The molecule has 1 N–H and O–H groups in total. The van der Waals surface area contributed by atoms with E-state index in [1.54, 1.807) is 17.7 Å². The third-order valence-electron chi connectivity index (χ3n) is 3.61. The van der Waals surface area contributed by atoms with Gasteiger partial charge in [-0.3, -0.25) is 4.98 Å². The smallest absolute Gasteiger partial charge is 0.142 e. The number of aryl methyl sites for hydroxylation is 1. The molecule has 0 atom stereocenters. The van der Waals surface area contributed by atoms with Gasteiger partial charge >= 0.3 is 0 Å². The van der Waals surface area contributed by atoms with Crippen molar-refractivity contribution in [2.75, 3.05) is 5.32 Å². The summed E-state index contributed by atoms with van der Waals surface area (Å²) in [5.41, 5.74) is 1.91. The molecule has 4 aromatic rings. The van der Waals surface area contributed by atoms with Crippen molar-refractivity contribution in [3.63, 3.8) is 0 Å². The zero-order chi connectivity index (χ0) is 14.9. The number of rotatable bonds is 3. The first kappa shape index (κ1) is 13.2. The van der Waals surface area contributed by atoms with Gasteiger partial charge in [0.05, 0.1) is 16.6 Å². The average molecular weight is 306 g/mol. The van der Waals surface area contributed by atoms with E-state index < -0.39 is 0 Å². The molecule has 0 amide bonds. The molecule has 22 heavy (non-hydrogen) atoms. The van der Waals surface area contributed by atoms with E-state index in [0.29, 0.717) is 0 Å². The minimum atomic E-state index is 0.833. The molecule has 0 aliphatic heterocycles. The van der Waals surface area contributed by atoms with Crippen LogP contribution in [-0.4, -0.2) is 15.0 Å². The Morgan fingerprint density at radius 1 is 1.09 bits per heavy atom. The van der Waals surface area contributed by atoms with Crippen molar-refractivity contribution in [3.8, 4) is 0 Å². The summed E-state index contributed by atoms with van der Waals surface area (Å²) in [4.78, 5) is 15.6. The first-order valence-corrected chi connectivity index (χ1v) is 8.01. The third-order valence-corrected chi connectivity index (χ3v) is 4.80. The molecule has 0 saturated heterocycles. The van der Waals surface area contributed by atoms with E-state index >= 15 is 0 Å². The van der Waals surface area contributed by atoms with Crippen molar-refractivity contribution in [1.82, 2.24) is 15.0 Å². The minimum absolute atomic E-state index is 0.833. The fourth-order valence-corrected chi connectivity index (χ4v) is 3.45. The van der Waals surface area contributed by atoms with Gasteiger partial charge in [0.25, 0.3) is 0 Å². The summed E-state index contributed by atoms with van der Waals surface area (Å²) in [5, 5.41) is 5.60. The molecule has 108 valence electrons. The van der Waals surface area contributed by atoms with Gasteiger partial charge in [-0.1, -0.05) is 25.1 Å².